The van der Waals surface area contributed by atoms with Crippen LogP contribution in [-0.2, 0) is 19.2 Å². The van der Waals surface area contributed by atoms with E-state index in [4.69, 9.17) is 15.0 Å². The van der Waals surface area contributed by atoms with Crippen molar-refractivity contribution in [1.82, 2.24) is 15.2 Å². The summed E-state index contributed by atoms with van der Waals surface area (Å²) < 4.78 is 5.04. The first-order valence-corrected chi connectivity index (χ1v) is 12.4. The molecule has 178 valence electrons. The predicted octanol–water partition coefficient (Wildman–Crippen LogP) is -3.35. The van der Waals surface area contributed by atoms with Crippen molar-refractivity contribution in [2.75, 3.05) is 24.3 Å². The molecule has 2 aromatic rings. The molecule has 4 rings (SSSR count). The Bertz CT molecular complexity index is 1210. The maximum Gasteiger partial charge on any atom is 1.00 e. The molecule has 2 atom stereocenters. The van der Waals surface area contributed by atoms with E-state index in [-0.39, 0.29) is 74.2 Å². The van der Waals surface area contributed by atoms with E-state index in [0.29, 0.717) is 5.57 Å². The molecule has 35 heavy (non-hydrogen) atoms. The molecule has 2 aromatic heterocycles. The fourth-order valence-corrected chi connectivity index (χ4v) is 6.13. The molecule has 2 amide bonds. The molecule has 3 N–H and O–H groups in total. The van der Waals surface area contributed by atoms with Crippen LogP contribution >= 0.6 is 34.9 Å². The SMILES string of the molecule is CON=C(C(=O)NC1C(=O)N2C(C(=O)[O-])=C(CSC(=O)c3ccco3)CS[C@@H]12)c1csc(N)n1.[Na+]. The third-order valence-corrected chi connectivity index (χ3v) is 7.76. The Morgan fingerprint density at radius 3 is 2.83 bits per heavy atom. The number of carbonyl (C=O) groups is 4. The molecular weight excluding hydrogens is 529 g/mol. The topological polar surface area (TPSA) is 180 Å². The molecular formula is C19H16N5NaO7S3. The van der Waals surface area contributed by atoms with Gasteiger partial charge in [0.2, 0.25) is 0 Å². The van der Waals surface area contributed by atoms with E-state index < -0.39 is 29.2 Å². The Balaban J connectivity index is 0.00000342. The summed E-state index contributed by atoms with van der Waals surface area (Å²) in [5, 5.41) is 18.8. The molecule has 2 aliphatic heterocycles. The van der Waals surface area contributed by atoms with Crippen LogP contribution in [0.15, 0.2) is 44.6 Å². The zero-order valence-corrected chi connectivity index (χ0v) is 22.8. The quantitative estimate of drug-likeness (QED) is 0.146. The molecule has 0 aromatic carbocycles. The molecule has 0 spiro atoms. The number of nitrogens with zero attached hydrogens (tertiary/aromatic N) is 3. The Kier molecular flexibility index (Phi) is 9.06. The van der Waals surface area contributed by atoms with E-state index in [1.807, 2.05) is 0 Å². The van der Waals surface area contributed by atoms with E-state index in [0.717, 1.165) is 28.0 Å². The predicted molar refractivity (Wildman–Crippen MR) is 123 cm³/mol. The molecule has 0 aliphatic carbocycles. The molecule has 16 heteroatoms. The Morgan fingerprint density at radius 1 is 1.46 bits per heavy atom. The van der Waals surface area contributed by atoms with Crippen LogP contribution in [0.3, 0.4) is 0 Å². The minimum Gasteiger partial charge on any atom is -0.543 e. The maximum absolute atomic E-state index is 12.8. The first-order valence-electron chi connectivity index (χ1n) is 9.53. The molecule has 4 heterocycles. The number of thioether (sulfide) groups is 2. The van der Waals surface area contributed by atoms with Crippen LogP contribution < -0.4 is 45.7 Å². The number of hydrogen-bond acceptors (Lipinski definition) is 13. The van der Waals surface area contributed by atoms with E-state index >= 15 is 0 Å². The number of anilines is 1. The number of nitrogens with one attached hydrogen (secondary N) is 1. The van der Waals surface area contributed by atoms with Crippen molar-refractivity contribution in [3.8, 4) is 0 Å². The summed E-state index contributed by atoms with van der Waals surface area (Å²) in [5.41, 5.74) is 5.68. The van der Waals surface area contributed by atoms with Gasteiger partial charge in [0.1, 0.15) is 24.2 Å². The molecule has 0 radical (unpaired) electrons. The average Bonchev–Trinajstić information content (AvgIpc) is 3.50. The van der Waals surface area contributed by atoms with Crippen molar-refractivity contribution in [3.63, 3.8) is 0 Å². The fraction of sp³-hybridized carbons (Fsp3) is 0.263. The number of aromatic nitrogens is 1. The fourth-order valence-electron chi connectivity index (χ4n) is 3.30. The number of carboxylic acids is 1. The van der Waals surface area contributed by atoms with Gasteiger partial charge in [-0.25, -0.2) is 4.98 Å². The number of β-lactam (4-membered cyclic amide) rings is 1. The first-order chi connectivity index (χ1) is 16.3. The van der Waals surface area contributed by atoms with Crippen LogP contribution in [0.5, 0.6) is 0 Å². The normalized spacial score (nSPS) is 19.4. The molecule has 12 nitrogen and oxygen atoms in total. The zero-order valence-electron chi connectivity index (χ0n) is 18.4. The summed E-state index contributed by atoms with van der Waals surface area (Å²) in [6.07, 6.45) is 1.36. The molecule has 1 fully saturated rings. The van der Waals surface area contributed by atoms with Crippen LogP contribution in [0.4, 0.5) is 5.13 Å². The van der Waals surface area contributed by atoms with Gasteiger partial charge in [-0.15, -0.1) is 23.1 Å². The Morgan fingerprint density at radius 2 is 2.23 bits per heavy atom. The Hall–Kier alpha value is -2.30. The standard InChI is InChI=1S/C19H17N5O7S3.Na/c1-30-23-11(9-7-34-19(20)21-9)14(25)22-12-15(26)24-13(17(27)28)8(5-32-16(12)24)6-33-18(29)10-3-2-4-31-10;/h2-4,7,12,16H,5-6H2,1H3,(H2,20,21)(H,22,25)(H,27,28);/q;+1/p-1/t12?,16-;/m0./s1. The summed E-state index contributed by atoms with van der Waals surface area (Å²) in [6.45, 7) is 0. The van der Waals surface area contributed by atoms with Crippen molar-refractivity contribution in [3.05, 3.63) is 46.5 Å². The van der Waals surface area contributed by atoms with Crippen LogP contribution in [-0.4, -0.2) is 68.5 Å². The van der Waals surface area contributed by atoms with E-state index in [1.54, 1.807) is 6.07 Å². The monoisotopic (exact) mass is 545 g/mol. The first kappa shape index (κ1) is 27.3. The number of aliphatic carboxylic acids is 1. The molecule has 1 saturated heterocycles. The number of carbonyl (C=O) groups excluding carboxylic acids is 4. The largest absolute Gasteiger partial charge is 1.00 e. The second-order valence-electron chi connectivity index (χ2n) is 6.85. The number of nitrogens with two attached hydrogens (primary N) is 1. The van der Waals surface area contributed by atoms with Gasteiger partial charge in [0.15, 0.2) is 16.6 Å². The number of fused-ring (bicyclic) bond motifs is 1. The zero-order chi connectivity index (χ0) is 24.4. The number of hydrogen-bond donors (Lipinski definition) is 2. The smallest absolute Gasteiger partial charge is 0.543 e. The van der Waals surface area contributed by atoms with Gasteiger partial charge in [-0.3, -0.25) is 19.3 Å². The van der Waals surface area contributed by atoms with E-state index in [1.165, 1.54) is 36.6 Å². The van der Waals surface area contributed by atoms with Gasteiger partial charge < -0.3 is 30.2 Å². The van der Waals surface area contributed by atoms with Gasteiger partial charge in [-0.2, -0.15) is 0 Å². The molecule has 0 saturated carbocycles. The van der Waals surface area contributed by atoms with Gasteiger partial charge in [-0.05, 0) is 17.7 Å². The van der Waals surface area contributed by atoms with Gasteiger partial charge in [0, 0.05) is 16.9 Å². The van der Waals surface area contributed by atoms with Crippen molar-refractivity contribution >= 4 is 68.6 Å². The average molecular weight is 546 g/mol. The number of amides is 2. The van der Waals surface area contributed by atoms with Crippen molar-refractivity contribution in [2.45, 2.75) is 11.4 Å². The molecule has 0 bridgehead atoms. The summed E-state index contributed by atoms with van der Waals surface area (Å²) in [5.74, 6) is -2.48. The summed E-state index contributed by atoms with van der Waals surface area (Å²) in [6, 6.07) is 2.08. The van der Waals surface area contributed by atoms with Gasteiger partial charge >= 0.3 is 29.6 Å². The molecule has 2 aliphatic rings. The van der Waals surface area contributed by atoms with Crippen LogP contribution in [0, 0.1) is 0 Å². The van der Waals surface area contributed by atoms with Gasteiger partial charge in [-0.1, -0.05) is 16.9 Å². The van der Waals surface area contributed by atoms with Gasteiger partial charge in [0.25, 0.3) is 16.9 Å². The number of oxime groups is 1. The van der Waals surface area contributed by atoms with Crippen molar-refractivity contribution in [1.29, 1.82) is 0 Å². The van der Waals surface area contributed by atoms with Crippen molar-refractivity contribution < 1.29 is 63.1 Å². The third-order valence-electron chi connectivity index (χ3n) is 4.79. The maximum atomic E-state index is 12.8. The summed E-state index contributed by atoms with van der Waals surface area (Å²) in [7, 11) is 1.25. The minimum absolute atomic E-state index is 0. The summed E-state index contributed by atoms with van der Waals surface area (Å²) in [4.78, 5) is 59.4. The second kappa shape index (κ2) is 11.6. The van der Waals surface area contributed by atoms with E-state index in [9.17, 15) is 24.3 Å². The van der Waals surface area contributed by atoms with Crippen LogP contribution in [0.1, 0.15) is 16.2 Å². The second-order valence-corrected chi connectivity index (χ2v) is 9.79. The number of carboxylic acid groups (broad SMARTS) is 1. The Labute approximate surface area is 233 Å². The van der Waals surface area contributed by atoms with Crippen LogP contribution in [0.2, 0.25) is 0 Å². The van der Waals surface area contributed by atoms with Gasteiger partial charge in [0.05, 0.1) is 17.9 Å². The minimum atomic E-state index is -1.54. The van der Waals surface area contributed by atoms with Crippen LogP contribution in [0.25, 0.3) is 0 Å². The third kappa shape index (κ3) is 5.59. The number of furan rings is 1. The van der Waals surface area contributed by atoms with Crippen molar-refractivity contribution in [2.24, 2.45) is 5.16 Å². The number of thiazole rings is 1. The molecule has 1 unspecified atom stereocenters. The van der Waals surface area contributed by atoms with E-state index in [2.05, 4.69) is 15.5 Å². The number of rotatable bonds is 8. The number of nitrogen functional groups attached to an aromatic ring is 1. The summed E-state index contributed by atoms with van der Waals surface area (Å²) >= 11 is 3.22.